The van der Waals surface area contributed by atoms with Gasteiger partial charge in [0.2, 0.25) is 5.91 Å². The van der Waals surface area contributed by atoms with Crippen molar-refractivity contribution in [1.29, 1.82) is 0 Å². The van der Waals surface area contributed by atoms with Crippen molar-refractivity contribution in [3.8, 4) is 0 Å². The molecule has 0 aliphatic carbocycles. The highest BCUT2D eigenvalue weighted by molar-refractivity contribution is 5.92. The zero-order valence-corrected chi connectivity index (χ0v) is 8.99. The van der Waals surface area contributed by atoms with E-state index >= 15 is 0 Å². The number of rotatable bonds is 4. The minimum absolute atomic E-state index is 0.128. The lowest BCUT2D eigenvalue weighted by Gasteiger charge is -2.05. The fourth-order valence-corrected chi connectivity index (χ4v) is 1.08. The van der Waals surface area contributed by atoms with Gasteiger partial charge in [0, 0.05) is 20.0 Å². The maximum absolute atomic E-state index is 11.5. The van der Waals surface area contributed by atoms with Gasteiger partial charge in [0.1, 0.15) is 11.5 Å². The van der Waals surface area contributed by atoms with E-state index in [-0.39, 0.29) is 17.5 Å². The Morgan fingerprint density at radius 2 is 2.00 bits per heavy atom. The van der Waals surface area contributed by atoms with Crippen molar-refractivity contribution in [2.24, 2.45) is 0 Å². The first-order valence-electron chi connectivity index (χ1n) is 4.85. The van der Waals surface area contributed by atoms with Gasteiger partial charge in [-0.25, -0.2) is 4.98 Å². The third-order valence-electron chi connectivity index (χ3n) is 1.79. The first kappa shape index (κ1) is 12.0. The Morgan fingerprint density at radius 3 is 2.62 bits per heavy atom. The largest absolute Gasteiger partial charge is 0.384 e. The van der Waals surface area contributed by atoms with Gasteiger partial charge in [0.05, 0.1) is 0 Å². The lowest BCUT2D eigenvalue weighted by molar-refractivity contribution is -0.118. The number of hydrogen-bond donors (Lipinski definition) is 3. The number of pyridine rings is 1. The summed E-state index contributed by atoms with van der Waals surface area (Å²) < 4.78 is 0. The van der Waals surface area contributed by atoms with Crippen LogP contribution in [-0.4, -0.2) is 29.9 Å². The number of aromatic nitrogens is 1. The van der Waals surface area contributed by atoms with Crippen LogP contribution < -0.4 is 16.4 Å². The molecule has 0 saturated heterocycles. The lowest BCUT2D eigenvalue weighted by Crippen LogP contribution is -2.34. The van der Waals surface area contributed by atoms with E-state index in [0.29, 0.717) is 18.9 Å². The molecular weight excluding hydrogens is 208 g/mol. The first-order valence-corrected chi connectivity index (χ1v) is 4.85. The number of carbonyl (C=O) groups excluding carboxylic acids is 2. The van der Waals surface area contributed by atoms with Crippen LogP contribution in [0.15, 0.2) is 18.2 Å². The highest BCUT2D eigenvalue weighted by Crippen LogP contribution is 1.99. The molecule has 1 aromatic heterocycles. The molecule has 1 aromatic rings. The second-order valence-corrected chi connectivity index (χ2v) is 3.19. The SMILES string of the molecule is CC(=O)NCCNC(=O)c1cccc(N)n1. The quantitative estimate of drug-likeness (QED) is 0.600. The second-order valence-electron chi connectivity index (χ2n) is 3.19. The van der Waals surface area contributed by atoms with Gasteiger partial charge < -0.3 is 16.4 Å². The van der Waals surface area contributed by atoms with E-state index in [1.54, 1.807) is 18.2 Å². The Kier molecular flexibility index (Phi) is 4.26. The van der Waals surface area contributed by atoms with Crippen molar-refractivity contribution in [3.05, 3.63) is 23.9 Å². The summed E-state index contributed by atoms with van der Waals surface area (Å²) >= 11 is 0. The van der Waals surface area contributed by atoms with Crippen LogP contribution in [0.2, 0.25) is 0 Å². The van der Waals surface area contributed by atoms with Crippen LogP contribution in [-0.2, 0) is 4.79 Å². The lowest BCUT2D eigenvalue weighted by atomic mass is 10.3. The van der Waals surface area contributed by atoms with Gasteiger partial charge >= 0.3 is 0 Å². The van der Waals surface area contributed by atoms with E-state index < -0.39 is 0 Å². The predicted molar refractivity (Wildman–Crippen MR) is 59.7 cm³/mol. The van der Waals surface area contributed by atoms with Gasteiger partial charge in [-0.15, -0.1) is 0 Å². The molecule has 6 nitrogen and oxygen atoms in total. The Morgan fingerprint density at radius 1 is 1.31 bits per heavy atom. The van der Waals surface area contributed by atoms with Crippen LogP contribution in [0.4, 0.5) is 5.82 Å². The molecule has 1 heterocycles. The molecule has 4 N–H and O–H groups in total. The fraction of sp³-hybridized carbons (Fsp3) is 0.300. The predicted octanol–water partition coefficient (Wildman–Crippen LogP) is -0.470. The smallest absolute Gasteiger partial charge is 0.270 e. The second kappa shape index (κ2) is 5.69. The van der Waals surface area contributed by atoms with Crippen molar-refractivity contribution in [3.63, 3.8) is 0 Å². The molecule has 0 radical (unpaired) electrons. The third-order valence-corrected chi connectivity index (χ3v) is 1.79. The molecule has 6 heteroatoms. The van der Waals surface area contributed by atoms with Gasteiger partial charge in [0.25, 0.3) is 5.91 Å². The number of nitrogen functional groups attached to an aromatic ring is 1. The normalized spacial score (nSPS) is 9.56. The molecule has 0 saturated carbocycles. The molecular formula is C10H14N4O2. The van der Waals surface area contributed by atoms with Crippen molar-refractivity contribution in [2.75, 3.05) is 18.8 Å². The summed E-state index contributed by atoms with van der Waals surface area (Å²) in [6, 6.07) is 4.84. The minimum Gasteiger partial charge on any atom is -0.384 e. The summed E-state index contributed by atoms with van der Waals surface area (Å²) in [5.74, 6) is -0.136. The summed E-state index contributed by atoms with van der Waals surface area (Å²) in [7, 11) is 0. The summed E-state index contributed by atoms with van der Waals surface area (Å²) in [6.45, 7) is 2.17. The molecule has 86 valence electrons. The molecule has 0 aliphatic rings. The van der Waals surface area contributed by atoms with Gasteiger partial charge in [-0.3, -0.25) is 9.59 Å². The van der Waals surface area contributed by atoms with E-state index in [1.807, 2.05) is 0 Å². The van der Waals surface area contributed by atoms with Crippen LogP contribution in [0, 0.1) is 0 Å². The summed E-state index contributed by atoms with van der Waals surface area (Å²) in [4.78, 5) is 25.9. The van der Waals surface area contributed by atoms with Crippen molar-refractivity contribution < 1.29 is 9.59 Å². The minimum atomic E-state index is -0.308. The number of nitrogens with two attached hydrogens (primary N) is 1. The Bertz CT molecular complexity index is 392. The van der Waals surface area contributed by atoms with E-state index in [2.05, 4.69) is 15.6 Å². The third kappa shape index (κ3) is 3.95. The Hall–Kier alpha value is -2.11. The van der Waals surface area contributed by atoms with Crippen molar-refractivity contribution >= 4 is 17.6 Å². The number of nitrogens with one attached hydrogen (secondary N) is 2. The van der Waals surface area contributed by atoms with Crippen molar-refractivity contribution in [2.45, 2.75) is 6.92 Å². The highest BCUT2D eigenvalue weighted by atomic mass is 16.2. The van der Waals surface area contributed by atoms with Gasteiger partial charge in [-0.2, -0.15) is 0 Å². The van der Waals surface area contributed by atoms with Crippen LogP contribution in [0.1, 0.15) is 17.4 Å². The van der Waals surface area contributed by atoms with Crippen LogP contribution >= 0.6 is 0 Å². The van der Waals surface area contributed by atoms with Crippen LogP contribution in [0.3, 0.4) is 0 Å². The number of hydrogen-bond acceptors (Lipinski definition) is 4. The molecule has 0 aliphatic heterocycles. The van der Waals surface area contributed by atoms with E-state index in [9.17, 15) is 9.59 Å². The monoisotopic (exact) mass is 222 g/mol. The molecule has 0 spiro atoms. The molecule has 0 aromatic carbocycles. The van der Waals surface area contributed by atoms with Crippen LogP contribution in [0.25, 0.3) is 0 Å². The van der Waals surface area contributed by atoms with Gasteiger partial charge in [-0.05, 0) is 12.1 Å². The highest BCUT2D eigenvalue weighted by Gasteiger charge is 2.05. The first-order chi connectivity index (χ1) is 7.59. The van der Waals surface area contributed by atoms with E-state index in [1.165, 1.54) is 6.92 Å². The maximum Gasteiger partial charge on any atom is 0.270 e. The van der Waals surface area contributed by atoms with Crippen LogP contribution in [0.5, 0.6) is 0 Å². The molecule has 0 unspecified atom stereocenters. The van der Waals surface area contributed by atoms with Gasteiger partial charge in [-0.1, -0.05) is 6.07 Å². The molecule has 1 rings (SSSR count). The number of nitrogens with zero attached hydrogens (tertiary/aromatic N) is 1. The Balaban J connectivity index is 2.38. The van der Waals surface area contributed by atoms with E-state index in [4.69, 9.17) is 5.73 Å². The van der Waals surface area contributed by atoms with Gasteiger partial charge in [0.15, 0.2) is 0 Å². The number of amides is 2. The van der Waals surface area contributed by atoms with E-state index in [0.717, 1.165) is 0 Å². The summed E-state index contributed by atoms with van der Waals surface area (Å²) in [5.41, 5.74) is 5.71. The molecule has 0 atom stereocenters. The topological polar surface area (TPSA) is 97.1 Å². The number of carbonyl (C=O) groups is 2. The summed E-state index contributed by atoms with van der Waals surface area (Å²) in [5, 5.41) is 5.17. The zero-order chi connectivity index (χ0) is 12.0. The number of anilines is 1. The van der Waals surface area contributed by atoms with Crippen molar-refractivity contribution in [1.82, 2.24) is 15.6 Å². The summed E-state index contributed by atoms with van der Waals surface area (Å²) in [6.07, 6.45) is 0. The Labute approximate surface area is 93.2 Å². The standard InChI is InChI=1S/C10H14N4O2/c1-7(15)12-5-6-13-10(16)8-3-2-4-9(11)14-8/h2-4H,5-6H2,1H3,(H2,11,14)(H,12,15)(H,13,16). The molecule has 0 bridgehead atoms. The molecule has 2 amide bonds. The average molecular weight is 222 g/mol. The average Bonchev–Trinajstić information content (AvgIpc) is 2.24. The zero-order valence-electron chi connectivity index (χ0n) is 8.99. The fourth-order valence-electron chi connectivity index (χ4n) is 1.08. The molecule has 16 heavy (non-hydrogen) atoms. The molecule has 0 fully saturated rings. The maximum atomic E-state index is 11.5.